The highest BCUT2D eigenvalue weighted by molar-refractivity contribution is 6.30. The van der Waals surface area contributed by atoms with Crippen LogP contribution in [0.4, 0.5) is 0 Å². The van der Waals surface area contributed by atoms with Crippen LogP contribution in [0, 0.1) is 0 Å². The molecule has 0 amide bonds. The van der Waals surface area contributed by atoms with E-state index in [1.54, 1.807) is 24.3 Å². The van der Waals surface area contributed by atoms with Crippen molar-refractivity contribution in [3.8, 4) is 0 Å². The first-order chi connectivity index (χ1) is 8.66. The monoisotopic (exact) mass is 260 g/mol. The molecule has 3 heteroatoms. The predicted octanol–water partition coefficient (Wildman–Crippen LogP) is 4.26. The number of halogens is 1. The molecular formula is C15H13ClO2. The molecule has 1 unspecified atom stereocenters. The lowest BCUT2D eigenvalue weighted by atomic mass is 10.1. The Morgan fingerprint density at radius 3 is 2.28 bits per heavy atom. The largest absolute Gasteiger partial charge is 0.454 e. The topological polar surface area (TPSA) is 26.3 Å². The van der Waals surface area contributed by atoms with Gasteiger partial charge in [-0.15, -0.1) is 0 Å². The quantitative estimate of drug-likeness (QED) is 0.771. The fourth-order valence-corrected chi connectivity index (χ4v) is 1.73. The normalized spacial score (nSPS) is 11.9. The van der Waals surface area contributed by atoms with Crippen LogP contribution in [0.5, 0.6) is 0 Å². The Hall–Kier alpha value is -1.80. The molecule has 2 aromatic rings. The van der Waals surface area contributed by atoms with Gasteiger partial charge in [-0.25, -0.2) is 4.79 Å². The smallest absolute Gasteiger partial charge is 0.338 e. The van der Waals surface area contributed by atoms with E-state index in [4.69, 9.17) is 16.3 Å². The highest BCUT2D eigenvalue weighted by Crippen LogP contribution is 2.18. The first-order valence-corrected chi connectivity index (χ1v) is 6.06. The Bertz CT molecular complexity index is 520. The van der Waals surface area contributed by atoms with Gasteiger partial charge in [0.1, 0.15) is 6.10 Å². The molecule has 0 radical (unpaired) electrons. The molecule has 0 N–H and O–H groups in total. The maximum absolute atomic E-state index is 11.9. The van der Waals surface area contributed by atoms with E-state index < -0.39 is 0 Å². The minimum atomic E-state index is -0.344. The van der Waals surface area contributed by atoms with Crippen LogP contribution in [0.3, 0.4) is 0 Å². The second kappa shape index (κ2) is 5.69. The van der Waals surface area contributed by atoms with Crippen LogP contribution >= 0.6 is 11.6 Å². The Kier molecular flexibility index (Phi) is 4.00. The average Bonchev–Trinajstić information content (AvgIpc) is 2.40. The van der Waals surface area contributed by atoms with Crippen molar-refractivity contribution in [1.29, 1.82) is 0 Å². The summed E-state index contributed by atoms with van der Waals surface area (Å²) in [5.74, 6) is -0.344. The molecular weight excluding hydrogens is 248 g/mol. The van der Waals surface area contributed by atoms with Crippen molar-refractivity contribution < 1.29 is 9.53 Å². The van der Waals surface area contributed by atoms with Gasteiger partial charge in [-0.05, 0) is 36.8 Å². The van der Waals surface area contributed by atoms with Gasteiger partial charge >= 0.3 is 5.97 Å². The lowest BCUT2D eigenvalue weighted by Gasteiger charge is -2.13. The molecule has 0 saturated heterocycles. The van der Waals surface area contributed by atoms with Crippen molar-refractivity contribution in [2.24, 2.45) is 0 Å². The van der Waals surface area contributed by atoms with Crippen molar-refractivity contribution in [2.75, 3.05) is 0 Å². The maximum Gasteiger partial charge on any atom is 0.338 e. The van der Waals surface area contributed by atoms with Gasteiger partial charge in [0.2, 0.25) is 0 Å². The van der Waals surface area contributed by atoms with Crippen molar-refractivity contribution in [3.05, 3.63) is 70.7 Å². The van der Waals surface area contributed by atoms with Gasteiger partial charge in [0.05, 0.1) is 5.56 Å². The number of benzene rings is 2. The van der Waals surface area contributed by atoms with Crippen LogP contribution in [0.1, 0.15) is 28.9 Å². The number of carbonyl (C=O) groups excluding carboxylic acids is 1. The van der Waals surface area contributed by atoms with E-state index >= 15 is 0 Å². The van der Waals surface area contributed by atoms with Crippen molar-refractivity contribution in [1.82, 2.24) is 0 Å². The van der Waals surface area contributed by atoms with Gasteiger partial charge in [-0.3, -0.25) is 0 Å². The highest BCUT2D eigenvalue weighted by Gasteiger charge is 2.13. The summed E-state index contributed by atoms with van der Waals surface area (Å²) in [7, 11) is 0. The summed E-state index contributed by atoms with van der Waals surface area (Å²) in [4.78, 5) is 11.9. The number of hydrogen-bond acceptors (Lipinski definition) is 2. The van der Waals surface area contributed by atoms with Gasteiger partial charge < -0.3 is 4.74 Å². The standard InChI is InChI=1S/C15H13ClO2/c1-11(12-5-3-2-4-6-12)18-15(17)13-7-9-14(16)10-8-13/h2-11H,1H3. The molecule has 0 saturated carbocycles. The number of rotatable bonds is 3. The molecule has 2 nitrogen and oxygen atoms in total. The second-order valence-corrected chi connectivity index (χ2v) is 4.40. The second-order valence-electron chi connectivity index (χ2n) is 3.97. The summed E-state index contributed by atoms with van der Waals surface area (Å²) in [5, 5.41) is 0.600. The van der Waals surface area contributed by atoms with E-state index in [0.717, 1.165) is 5.56 Å². The number of hydrogen-bond donors (Lipinski definition) is 0. The molecule has 0 spiro atoms. The van der Waals surface area contributed by atoms with E-state index in [-0.39, 0.29) is 12.1 Å². The zero-order valence-electron chi connectivity index (χ0n) is 9.97. The van der Waals surface area contributed by atoms with Crippen LogP contribution < -0.4 is 0 Å². The summed E-state index contributed by atoms with van der Waals surface area (Å²) < 4.78 is 5.38. The number of carbonyl (C=O) groups is 1. The van der Waals surface area contributed by atoms with E-state index in [2.05, 4.69) is 0 Å². The molecule has 0 heterocycles. The lowest BCUT2D eigenvalue weighted by molar-refractivity contribution is 0.0338. The summed E-state index contributed by atoms with van der Waals surface area (Å²) in [6.45, 7) is 1.85. The fraction of sp³-hybridized carbons (Fsp3) is 0.133. The number of ether oxygens (including phenoxy) is 1. The molecule has 0 aliphatic heterocycles. The molecule has 0 aromatic heterocycles. The van der Waals surface area contributed by atoms with Crippen LogP contribution in [-0.4, -0.2) is 5.97 Å². The lowest BCUT2D eigenvalue weighted by Crippen LogP contribution is -2.09. The van der Waals surface area contributed by atoms with Gasteiger partial charge in [0, 0.05) is 5.02 Å². The summed E-state index contributed by atoms with van der Waals surface area (Å²) in [5.41, 5.74) is 1.47. The predicted molar refractivity (Wildman–Crippen MR) is 71.7 cm³/mol. The Labute approximate surface area is 111 Å². The van der Waals surface area contributed by atoms with E-state index in [9.17, 15) is 4.79 Å². The minimum absolute atomic E-state index is 0.269. The Morgan fingerprint density at radius 2 is 1.67 bits per heavy atom. The van der Waals surface area contributed by atoms with Gasteiger partial charge in [-0.2, -0.15) is 0 Å². The molecule has 0 bridgehead atoms. The summed E-state index contributed by atoms with van der Waals surface area (Å²) in [6, 6.07) is 16.3. The maximum atomic E-state index is 11.9. The molecule has 0 fully saturated rings. The van der Waals surface area contributed by atoms with Crippen molar-refractivity contribution in [3.63, 3.8) is 0 Å². The van der Waals surface area contributed by atoms with E-state index in [1.807, 2.05) is 37.3 Å². The summed E-state index contributed by atoms with van der Waals surface area (Å²) in [6.07, 6.45) is -0.269. The first-order valence-electron chi connectivity index (χ1n) is 5.68. The van der Waals surface area contributed by atoms with Gasteiger partial charge in [0.25, 0.3) is 0 Å². The molecule has 0 aliphatic rings. The minimum Gasteiger partial charge on any atom is -0.454 e. The van der Waals surface area contributed by atoms with E-state index in [1.165, 1.54) is 0 Å². The third-order valence-corrected chi connectivity index (χ3v) is 2.88. The van der Waals surface area contributed by atoms with Crippen LogP contribution in [0.25, 0.3) is 0 Å². The van der Waals surface area contributed by atoms with Gasteiger partial charge in [-0.1, -0.05) is 41.9 Å². The highest BCUT2D eigenvalue weighted by atomic mass is 35.5. The van der Waals surface area contributed by atoms with Crippen LogP contribution in [0.2, 0.25) is 5.02 Å². The zero-order chi connectivity index (χ0) is 13.0. The average molecular weight is 261 g/mol. The molecule has 1 atom stereocenters. The Morgan fingerprint density at radius 1 is 1.06 bits per heavy atom. The SMILES string of the molecule is CC(OC(=O)c1ccc(Cl)cc1)c1ccccc1. The fourth-order valence-electron chi connectivity index (χ4n) is 1.61. The third-order valence-electron chi connectivity index (χ3n) is 2.63. The number of esters is 1. The van der Waals surface area contributed by atoms with Gasteiger partial charge in [0.15, 0.2) is 0 Å². The molecule has 18 heavy (non-hydrogen) atoms. The summed E-state index contributed by atoms with van der Waals surface area (Å²) >= 11 is 5.77. The van der Waals surface area contributed by atoms with Crippen LogP contribution in [-0.2, 0) is 4.74 Å². The third kappa shape index (κ3) is 3.11. The van der Waals surface area contributed by atoms with Crippen LogP contribution in [0.15, 0.2) is 54.6 Å². The molecule has 2 aromatic carbocycles. The van der Waals surface area contributed by atoms with Crippen molar-refractivity contribution >= 4 is 17.6 Å². The first kappa shape index (κ1) is 12.7. The van der Waals surface area contributed by atoms with Crippen molar-refractivity contribution in [2.45, 2.75) is 13.0 Å². The Balaban J connectivity index is 2.06. The molecule has 92 valence electrons. The molecule has 2 rings (SSSR count). The van der Waals surface area contributed by atoms with E-state index in [0.29, 0.717) is 10.6 Å². The molecule has 0 aliphatic carbocycles. The zero-order valence-corrected chi connectivity index (χ0v) is 10.7.